The third-order valence-corrected chi connectivity index (χ3v) is 10.9. The molecule has 1 saturated heterocycles. The summed E-state index contributed by atoms with van der Waals surface area (Å²) in [5.74, 6) is -2.48. The number of amides is 2. The summed E-state index contributed by atoms with van der Waals surface area (Å²) < 4.78 is 3.29. The van der Waals surface area contributed by atoms with Crippen LogP contribution < -0.4 is 4.57 Å². The molecule has 42 heavy (non-hydrogen) atoms. The molecule has 3 N–H and O–H groups in total. The molecule has 2 aliphatic heterocycles. The minimum absolute atomic E-state index is 0.0451. The van der Waals surface area contributed by atoms with Crippen molar-refractivity contribution in [1.82, 2.24) is 9.21 Å². The first-order valence-electron chi connectivity index (χ1n) is 12.8. The van der Waals surface area contributed by atoms with Crippen LogP contribution in [-0.2, 0) is 25.7 Å². The van der Waals surface area contributed by atoms with Gasteiger partial charge in [0.05, 0.1) is 5.02 Å². The van der Waals surface area contributed by atoms with Crippen molar-refractivity contribution in [1.29, 1.82) is 0 Å². The van der Waals surface area contributed by atoms with Crippen molar-refractivity contribution >= 4 is 82.4 Å². The smallest absolute Gasteiger partial charge is 0.352 e. The number of hydrogen-bond acceptors (Lipinski definition) is 8. The number of aliphatic carboxylic acids is 2. The number of thioether (sulfide) groups is 2. The van der Waals surface area contributed by atoms with Crippen molar-refractivity contribution in [3.63, 3.8) is 0 Å². The normalized spacial score (nSPS) is 18.8. The number of carbonyl (C=O) groups is 4. The molecule has 224 valence electrons. The second kappa shape index (κ2) is 14.4. The number of carboxylic acids is 2. The Morgan fingerprint density at radius 1 is 1.17 bits per heavy atom. The van der Waals surface area contributed by atoms with Crippen LogP contribution in [0.5, 0.6) is 0 Å². The predicted octanol–water partition coefficient (Wildman–Crippen LogP) is 4.17. The monoisotopic (exact) mass is 672 g/mol. The molecule has 0 bridgehead atoms. The molecule has 2 amide bonds. The van der Waals surface area contributed by atoms with E-state index in [4.69, 9.17) is 28.3 Å². The molecule has 3 atom stereocenters. The van der Waals surface area contributed by atoms with Crippen LogP contribution in [0.3, 0.4) is 0 Å². The van der Waals surface area contributed by atoms with E-state index in [-0.39, 0.29) is 18.0 Å². The number of unbranched alkanes of at least 4 members (excludes halogenated alkanes) is 1. The zero-order valence-corrected chi connectivity index (χ0v) is 26.3. The van der Waals surface area contributed by atoms with Gasteiger partial charge in [-0.05, 0) is 48.6 Å². The van der Waals surface area contributed by atoms with Gasteiger partial charge in [0.1, 0.15) is 17.6 Å². The fourth-order valence-corrected chi connectivity index (χ4v) is 8.38. The van der Waals surface area contributed by atoms with Gasteiger partial charge in [-0.2, -0.15) is 0 Å². The van der Waals surface area contributed by atoms with E-state index in [9.17, 15) is 29.4 Å². The van der Waals surface area contributed by atoms with E-state index in [0.29, 0.717) is 51.4 Å². The molecule has 2 aliphatic rings. The van der Waals surface area contributed by atoms with Crippen LogP contribution in [0, 0.1) is 0 Å². The van der Waals surface area contributed by atoms with Gasteiger partial charge in [-0.3, -0.25) is 18.8 Å². The van der Waals surface area contributed by atoms with Crippen molar-refractivity contribution in [2.24, 2.45) is 0 Å². The lowest BCUT2D eigenvalue weighted by molar-refractivity contribution is -0.697. The van der Waals surface area contributed by atoms with E-state index < -0.39 is 35.4 Å². The SMILES string of the molecule is CC(=O)N(Sc1cc(Cl)ccc1Cl)[C@H]1C(=O)N2C(C(=O)O)=C(CSc3cc[n+](CCCC[C@H](O)C(=O)O)cc3)CS[C@H]12. The number of pyridine rings is 1. The maximum atomic E-state index is 13.3. The quantitative estimate of drug-likeness (QED) is 0.0934. The van der Waals surface area contributed by atoms with Crippen molar-refractivity contribution < 1.29 is 39.1 Å². The fourth-order valence-electron chi connectivity index (χ4n) is 4.44. The Morgan fingerprint density at radius 2 is 1.88 bits per heavy atom. The molecule has 0 radical (unpaired) electrons. The second-order valence-electron chi connectivity index (χ2n) is 9.53. The highest BCUT2D eigenvalue weighted by Crippen LogP contribution is 2.46. The first-order valence-corrected chi connectivity index (χ1v) is 16.4. The fraction of sp³-hybridized carbons (Fsp3) is 0.370. The Hall–Kier alpha value is -2.42. The van der Waals surface area contributed by atoms with E-state index in [1.165, 1.54) is 39.7 Å². The van der Waals surface area contributed by atoms with Gasteiger partial charge in [0, 0.05) is 51.8 Å². The molecule has 0 unspecified atom stereocenters. The van der Waals surface area contributed by atoms with E-state index in [0.717, 1.165) is 16.8 Å². The zero-order chi connectivity index (χ0) is 30.6. The van der Waals surface area contributed by atoms with Crippen LogP contribution >= 0.6 is 58.7 Å². The maximum absolute atomic E-state index is 13.3. The van der Waals surface area contributed by atoms with Crippen LogP contribution in [0.4, 0.5) is 0 Å². The summed E-state index contributed by atoms with van der Waals surface area (Å²) in [5.41, 5.74) is 0.575. The molecule has 10 nitrogen and oxygen atoms in total. The van der Waals surface area contributed by atoms with Gasteiger partial charge in [-0.15, -0.1) is 23.5 Å². The number of rotatable bonds is 13. The number of β-lactam (4-membered cyclic amide) rings is 1. The standard InChI is InChI=1S/C27H27Cl2N3O7S3/c1-15(33)32(42-21-12-17(28)5-6-19(21)29)23-24(35)31-22(27(38)39)16(14-41-25(23)31)13-40-18-7-10-30(11-8-18)9-3-2-4-20(34)26(36)37/h5-8,10-12,20,23,25,34H,2-4,9,13-14H2,1H3,(H-,36,37,38,39)/p+1/t20-,23-,25+/m0/s1. The van der Waals surface area contributed by atoms with Gasteiger partial charge < -0.3 is 15.3 Å². The van der Waals surface area contributed by atoms with E-state index >= 15 is 0 Å². The number of benzene rings is 1. The minimum atomic E-state index is -1.34. The lowest BCUT2D eigenvalue weighted by atomic mass is 10.0. The molecule has 4 rings (SSSR count). The molecule has 15 heteroatoms. The summed E-state index contributed by atoms with van der Waals surface area (Å²) in [6, 6.07) is 7.79. The first kappa shape index (κ1) is 32.5. The molecule has 1 aromatic carbocycles. The van der Waals surface area contributed by atoms with Crippen LogP contribution in [0.15, 0.2) is 63.8 Å². The van der Waals surface area contributed by atoms with E-state index in [2.05, 4.69) is 0 Å². The molecule has 3 heterocycles. The Labute approximate surface area is 265 Å². The van der Waals surface area contributed by atoms with Gasteiger partial charge in [-0.1, -0.05) is 23.2 Å². The average Bonchev–Trinajstić information content (AvgIpc) is 2.95. The zero-order valence-electron chi connectivity index (χ0n) is 22.3. The molecule has 0 spiro atoms. The molecule has 0 saturated carbocycles. The van der Waals surface area contributed by atoms with Crippen LogP contribution in [0.1, 0.15) is 26.2 Å². The number of fused-ring (bicyclic) bond motifs is 1. The van der Waals surface area contributed by atoms with Crippen molar-refractivity contribution in [2.75, 3.05) is 11.5 Å². The average molecular weight is 674 g/mol. The third kappa shape index (κ3) is 7.56. The summed E-state index contributed by atoms with van der Waals surface area (Å²) in [7, 11) is 0. The number of aryl methyl sites for hydroxylation is 1. The summed E-state index contributed by atoms with van der Waals surface area (Å²) in [6.07, 6.45) is 3.92. The lowest BCUT2D eigenvalue weighted by Crippen LogP contribution is -2.70. The summed E-state index contributed by atoms with van der Waals surface area (Å²) >= 11 is 16.3. The van der Waals surface area contributed by atoms with Crippen LogP contribution in [0.25, 0.3) is 0 Å². The van der Waals surface area contributed by atoms with Crippen LogP contribution in [0.2, 0.25) is 10.0 Å². The second-order valence-corrected chi connectivity index (χ2v) is 13.5. The highest BCUT2D eigenvalue weighted by Gasteiger charge is 2.57. The van der Waals surface area contributed by atoms with Crippen LogP contribution in [-0.4, -0.2) is 77.3 Å². The lowest BCUT2D eigenvalue weighted by Gasteiger charge is -2.52. The number of aliphatic hydroxyl groups is 1. The van der Waals surface area contributed by atoms with Crippen molar-refractivity contribution in [2.45, 2.75) is 60.0 Å². The van der Waals surface area contributed by atoms with Gasteiger partial charge in [0.25, 0.3) is 5.91 Å². The van der Waals surface area contributed by atoms with Gasteiger partial charge >= 0.3 is 11.9 Å². The summed E-state index contributed by atoms with van der Waals surface area (Å²) in [6.45, 7) is 2.01. The largest absolute Gasteiger partial charge is 0.479 e. The highest BCUT2D eigenvalue weighted by molar-refractivity contribution is 8.01. The summed E-state index contributed by atoms with van der Waals surface area (Å²) in [5, 5.41) is 28.4. The number of hydrogen-bond donors (Lipinski definition) is 3. The van der Waals surface area contributed by atoms with Gasteiger partial charge in [0.2, 0.25) is 5.91 Å². The van der Waals surface area contributed by atoms with Crippen molar-refractivity contribution in [3.8, 4) is 0 Å². The number of carboxylic acid groups (broad SMARTS) is 2. The molecule has 0 aliphatic carbocycles. The molecule has 1 fully saturated rings. The molecular formula is C27H28Cl2N3O7S3+. The Balaban J connectivity index is 1.39. The van der Waals surface area contributed by atoms with Crippen molar-refractivity contribution in [3.05, 3.63) is 64.0 Å². The van der Waals surface area contributed by atoms with Gasteiger partial charge in [-0.25, -0.2) is 14.2 Å². The topological polar surface area (TPSA) is 139 Å². The third-order valence-electron chi connectivity index (χ3n) is 6.58. The first-order chi connectivity index (χ1) is 20.0. The molecule has 1 aromatic heterocycles. The van der Waals surface area contributed by atoms with E-state index in [1.807, 2.05) is 29.1 Å². The Bertz CT molecular complexity index is 1410. The number of carbonyl (C=O) groups excluding carboxylic acids is 2. The van der Waals surface area contributed by atoms with Gasteiger partial charge in [0.15, 0.2) is 24.5 Å². The number of halogens is 2. The van der Waals surface area contributed by atoms with E-state index in [1.54, 1.807) is 18.2 Å². The minimum Gasteiger partial charge on any atom is -0.479 e. The maximum Gasteiger partial charge on any atom is 0.352 e. The Kier molecular flexibility index (Phi) is 11.1. The highest BCUT2D eigenvalue weighted by atomic mass is 35.5. The molecular weight excluding hydrogens is 645 g/mol. The Morgan fingerprint density at radius 3 is 2.52 bits per heavy atom. The summed E-state index contributed by atoms with van der Waals surface area (Å²) in [4.78, 5) is 51.6. The number of aliphatic hydroxyl groups excluding tert-OH is 1. The number of nitrogens with zero attached hydrogens (tertiary/aromatic N) is 3. The predicted molar refractivity (Wildman–Crippen MR) is 161 cm³/mol. The molecule has 2 aromatic rings. The number of aromatic nitrogens is 1.